The van der Waals surface area contributed by atoms with Crippen molar-refractivity contribution in [3.05, 3.63) is 14.9 Å². The van der Waals surface area contributed by atoms with Gasteiger partial charge in [-0.3, -0.25) is 18.7 Å². The fourth-order valence-electron chi connectivity index (χ4n) is 7.40. The molecule has 2 saturated carbocycles. The van der Waals surface area contributed by atoms with Gasteiger partial charge in [0.1, 0.15) is 0 Å². The summed E-state index contributed by atoms with van der Waals surface area (Å²) in [6.07, 6.45) is 17.0. The van der Waals surface area contributed by atoms with Gasteiger partial charge in [-0.25, -0.2) is 0 Å². The van der Waals surface area contributed by atoms with Crippen molar-refractivity contribution in [2.24, 2.45) is 0 Å². The maximum absolute atomic E-state index is 5.74. The maximum Gasteiger partial charge on any atom is 2.00 e. The summed E-state index contributed by atoms with van der Waals surface area (Å²) in [6, 6.07) is 1.19. The van der Waals surface area contributed by atoms with Gasteiger partial charge in [0.05, 0.1) is 13.2 Å². The van der Waals surface area contributed by atoms with Crippen molar-refractivity contribution in [2.75, 3.05) is 66.7 Å². The molecule has 0 spiro atoms. The van der Waals surface area contributed by atoms with Crippen molar-refractivity contribution in [3.63, 3.8) is 0 Å². The predicted octanol–water partition coefficient (Wildman–Crippen LogP) is 8.29. The van der Waals surface area contributed by atoms with Gasteiger partial charge in [-0.15, -0.1) is 0 Å². The van der Waals surface area contributed by atoms with Gasteiger partial charge in [0, 0.05) is 93.3 Å². The van der Waals surface area contributed by atoms with Gasteiger partial charge >= 0.3 is 17.1 Å². The van der Waals surface area contributed by atoms with E-state index in [0.717, 1.165) is 24.5 Å². The van der Waals surface area contributed by atoms with E-state index in [1.54, 1.807) is 0 Å². The average Bonchev–Trinajstić information content (AvgIpc) is 3.76. The van der Waals surface area contributed by atoms with Crippen molar-refractivity contribution >= 4 is 16.4 Å². The molecular weight excluding hydrogens is 590 g/mol. The second-order valence-corrected chi connectivity index (χ2v) is 16.3. The predicted molar refractivity (Wildman–Crippen MR) is 180 cm³/mol. The van der Waals surface area contributed by atoms with Crippen LogP contribution in [0, 0.1) is 14.9 Å². The Balaban J connectivity index is 0.00000181. The Kier molecular flexibility index (Phi) is 24.1. The standard InChI is InChI=1S/C25H52N4O2P2.C5H10.2CH3.Fe/c1-7-26(8-2)32(27(9-3)10-4)24-16-11-17-25(24)33(28-18-12-14-22(28)20-30-5)29-19-13-15-23(29)21-31-6;1-2-4-5-3-1;;;/h22-25H,7-21H2,1-6H3;1-5H2;2*1H3;/q;;2*-1;+2/t22-,23-,24?,25?;;;;/m1..../s1. The van der Waals surface area contributed by atoms with E-state index in [4.69, 9.17) is 9.47 Å². The van der Waals surface area contributed by atoms with Gasteiger partial charge in [-0.1, -0.05) is 66.2 Å². The first-order chi connectivity index (χ1) is 18.6. The van der Waals surface area contributed by atoms with Crippen molar-refractivity contribution in [1.82, 2.24) is 18.7 Å². The summed E-state index contributed by atoms with van der Waals surface area (Å²) in [4.78, 5) is 0. The van der Waals surface area contributed by atoms with E-state index < -0.39 is 0 Å². The van der Waals surface area contributed by atoms with Gasteiger partial charge in [-0.05, 0) is 38.5 Å². The van der Waals surface area contributed by atoms with Gasteiger partial charge in [-0.2, -0.15) is 0 Å². The molecule has 0 N–H and O–H groups in total. The zero-order valence-corrected chi connectivity index (χ0v) is 31.2. The molecule has 0 amide bonds. The molecule has 0 aromatic rings. The molecular formula is C32H68FeN4O2P2. The third-order valence-corrected chi connectivity index (χ3v) is 16.3. The summed E-state index contributed by atoms with van der Waals surface area (Å²) < 4.78 is 23.0. The SMILES string of the molecule is C1CCCC1.CCN(CC)P(C1CCCC1P(N1CCC[C@@H]1COC)N1CCC[C@@H]1COC)N(CC)CC.[CH3-].[CH3-].[Fe+2]. The summed E-state index contributed by atoms with van der Waals surface area (Å²) in [5, 5.41) is 0. The topological polar surface area (TPSA) is 31.4 Å². The molecule has 2 unspecified atom stereocenters. The normalized spacial score (nSPS) is 26.8. The molecule has 4 fully saturated rings. The van der Waals surface area contributed by atoms with E-state index in [0.29, 0.717) is 12.1 Å². The molecule has 0 aromatic carbocycles. The molecule has 4 aliphatic rings. The van der Waals surface area contributed by atoms with E-state index >= 15 is 0 Å². The number of hydrogen-bond donors (Lipinski definition) is 0. The second-order valence-electron chi connectivity index (χ2n) is 11.6. The van der Waals surface area contributed by atoms with Crippen LogP contribution in [0.5, 0.6) is 0 Å². The van der Waals surface area contributed by atoms with Gasteiger partial charge in [0.2, 0.25) is 0 Å². The fourth-order valence-corrected chi connectivity index (χ4v) is 15.0. The van der Waals surface area contributed by atoms with Crippen LogP contribution in [0.3, 0.4) is 0 Å². The van der Waals surface area contributed by atoms with Crippen LogP contribution in [0.1, 0.15) is 105 Å². The molecule has 2 aliphatic heterocycles. The molecule has 2 saturated heterocycles. The molecule has 2 aliphatic carbocycles. The maximum atomic E-state index is 5.74. The molecule has 2 heterocycles. The van der Waals surface area contributed by atoms with Gasteiger partial charge in [0.25, 0.3) is 0 Å². The first kappa shape index (κ1) is 42.1. The zero-order chi connectivity index (χ0) is 27.3. The summed E-state index contributed by atoms with van der Waals surface area (Å²) >= 11 is 0. The number of methoxy groups -OCH3 is 2. The Morgan fingerprint density at radius 3 is 1.34 bits per heavy atom. The summed E-state index contributed by atoms with van der Waals surface area (Å²) in [7, 11) is 3.17. The molecule has 41 heavy (non-hydrogen) atoms. The van der Waals surface area contributed by atoms with Crippen LogP contribution in [0.15, 0.2) is 0 Å². The van der Waals surface area contributed by atoms with Crippen LogP contribution in [-0.2, 0) is 26.5 Å². The molecule has 0 radical (unpaired) electrons. The monoisotopic (exact) mass is 658 g/mol. The summed E-state index contributed by atoms with van der Waals surface area (Å²) in [5.41, 5.74) is 1.63. The number of rotatable bonds is 14. The minimum absolute atomic E-state index is 0. The van der Waals surface area contributed by atoms with E-state index in [-0.39, 0.29) is 48.4 Å². The minimum atomic E-state index is -0.338. The number of nitrogens with zero attached hydrogens (tertiary/aromatic N) is 4. The van der Waals surface area contributed by atoms with Crippen LogP contribution in [0.4, 0.5) is 0 Å². The number of ether oxygens (including phenoxy) is 2. The average molecular weight is 659 g/mol. The van der Waals surface area contributed by atoms with Crippen molar-refractivity contribution in [2.45, 2.75) is 128 Å². The van der Waals surface area contributed by atoms with Crippen LogP contribution in [-0.4, -0.2) is 109 Å². The van der Waals surface area contributed by atoms with E-state index in [1.165, 1.54) is 116 Å². The summed E-state index contributed by atoms with van der Waals surface area (Å²) in [5.74, 6) is 0. The van der Waals surface area contributed by atoms with Crippen LogP contribution >= 0.6 is 16.4 Å². The van der Waals surface area contributed by atoms with Crippen LogP contribution in [0.2, 0.25) is 0 Å². The molecule has 4 rings (SSSR count). The Labute approximate surface area is 270 Å². The molecule has 0 aromatic heterocycles. The Morgan fingerprint density at radius 1 is 0.585 bits per heavy atom. The van der Waals surface area contributed by atoms with E-state index in [1.807, 2.05) is 14.2 Å². The zero-order valence-electron chi connectivity index (χ0n) is 28.3. The molecule has 246 valence electrons. The largest absolute Gasteiger partial charge is 2.00 e. The molecule has 6 nitrogen and oxygen atoms in total. The summed E-state index contributed by atoms with van der Waals surface area (Å²) in [6.45, 7) is 18.5. The third-order valence-electron chi connectivity index (χ3n) is 9.26. The molecule has 4 atom stereocenters. The first-order valence-electron chi connectivity index (χ1n) is 16.2. The second kappa shape index (κ2) is 23.5. The van der Waals surface area contributed by atoms with Gasteiger partial charge < -0.3 is 24.3 Å². The van der Waals surface area contributed by atoms with Crippen LogP contribution < -0.4 is 0 Å². The minimum Gasteiger partial charge on any atom is -0.383 e. The Hall–Kier alpha value is 1.14. The van der Waals surface area contributed by atoms with Crippen molar-refractivity contribution in [1.29, 1.82) is 0 Å². The fraction of sp³-hybridized carbons (Fsp3) is 0.938. The number of hydrogen-bond acceptors (Lipinski definition) is 6. The third kappa shape index (κ3) is 11.5. The Bertz CT molecular complexity index is 585. The first-order valence-corrected chi connectivity index (χ1v) is 18.9. The smallest absolute Gasteiger partial charge is 0.383 e. The van der Waals surface area contributed by atoms with E-state index in [2.05, 4.69) is 46.4 Å². The van der Waals surface area contributed by atoms with Crippen molar-refractivity contribution in [3.8, 4) is 0 Å². The molecule has 0 bridgehead atoms. The van der Waals surface area contributed by atoms with Crippen LogP contribution in [0.25, 0.3) is 0 Å². The quantitative estimate of drug-likeness (QED) is 0.106. The molecule has 9 heteroatoms. The van der Waals surface area contributed by atoms with Crippen molar-refractivity contribution < 1.29 is 26.5 Å². The van der Waals surface area contributed by atoms with Gasteiger partial charge in [0.15, 0.2) is 0 Å². The Morgan fingerprint density at radius 2 is 0.976 bits per heavy atom. The van der Waals surface area contributed by atoms with E-state index in [9.17, 15) is 0 Å².